The predicted octanol–water partition coefficient (Wildman–Crippen LogP) is 5.58. The third-order valence-electron chi connectivity index (χ3n) is 6.17. The quantitative estimate of drug-likeness (QED) is 0.243. The number of benzene rings is 3. The maximum atomic E-state index is 13.0. The number of methoxy groups -OCH3 is 1. The number of fused-ring (bicyclic) bond motifs is 2. The first-order chi connectivity index (χ1) is 17.5. The van der Waals surface area contributed by atoms with Crippen molar-refractivity contribution in [2.75, 3.05) is 20.3 Å². The molecule has 2 heterocycles. The smallest absolute Gasteiger partial charge is 0.341 e. The van der Waals surface area contributed by atoms with Gasteiger partial charge in [0.1, 0.15) is 11.5 Å². The fourth-order valence-corrected chi connectivity index (χ4v) is 5.42. The Bertz CT molecular complexity index is 1450. The molecule has 0 aliphatic carbocycles. The van der Waals surface area contributed by atoms with Gasteiger partial charge in [-0.1, -0.05) is 30.3 Å². The molecule has 0 fully saturated rings. The van der Waals surface area contributed by atoms with Crippen molar-refractivity contribution in [3.05, 3.63) is 89.0 Å². The minimum Gasteiger partial charge on any atom is -0.496 e. The van der Waals surface area contributed by atoms with Gasteiger partial charge in [0.05, 0.1) is 7.11 Å². The minimum absolute atomic E-state index is 0.125. The van der Waals surface area contributed by atoms with E-state index in [1.807, 2.05) is 36.4 Å². The van der Waals surface area contributed by atoms with Crippen LogP contribution in [-0.2, 0) is 17.8 Å². The van der Waals surface area contributed by atoms with Crippen LogP contribution in [0.25, 0.3) is 26.6 Å². The van der Waals surface area contributed by atoms with Crippen molar-refractivity contribution < 1.29 is 24.2 Å². The number of aliphatic carboxylic acids is 1. The van der Waals surface area contributed by atoms with Crippen molar-refractivity contribution in [2.45, 2.75) is 13.0 Å². The molecule has 6 nitrogen and oxygen atoms in total. The number of rotatable bonds is 8. The second kappa shape index (κ2) is 10.4. The van der Waals surface area contributed by atoms with Crippen LogP contribution in [0.2, 0.25) is 0 Å². The van der Waals surface area contributed by atoms with Crippen molar-refractivity contribution >= 4 is 39.3 Å². The van der Waals surface area contributed by atoms with Crippen molar-refractivity contribution in [1.82, 2.24) is 5.32 Å². The molecule has 0 saturated heterocycles. The highest BCUT2D eigenvalue weighted by Gasteiger charge is 2.16. The maximum Gasteiger partial charge on any atom is 0.341 e. The number of ketones is 1. The lowest BCUT2D eigenvalue weighted by Crippen LogP contribution is -2.23. The Morgan fingerprint density at radius 2 is 1.92 bits per heavy atom. The molecule has 0 atom stereocenters. The first kappa shape index (κ1) is 23.8. The molecule has 182 valence electrons. The SMILES string of the molecule is COc1cc(OCC(=O)O)c(/C=C/C(=O)c2ccc3c(c2)CCNC3)cc1-c1cc2ccccc2s1. The molecule has 0 bridgehead atoms. The van der Waals surface area contributed by atoms with Gasteiger partial charge in [-0.3, -0.25) is 4.79 Å². The third-order valence-corrected chi connectivity index (χ3v) is 7.32. The average Bonchev–Trinajstić information content (AvgIpc) is 3.34. The van der Waals surface area contributed by atoms with Crippen molar-refractivity contribution in [1.29, 1.82) is 0 Å². The highest BCUT2D eigenvalue weighted by molar-refractivity contribution is 7.22. The monoisotopic (exact) mass is 499 g/mol. The largest absolute Gasteiger partial charge is 0.496 e. The topological polar surface area (TPSA) is 84.9 Å². The lowest BCUT2D eigenvalue weighted by Gasteiger charge is -2.17. The zero-order valence-corrected chi connectivity index (χ0v) is 20.6. The molecule has 4 aromatic rings. The molecule has 0 spiro atoms. The summed E-state index contributed by atoms with van der Waals surface area (Å²) >= 11 is 1.64. The Hall–Kier alpha value is -3.94. The van der Waals surface area contributed by atoms with Gasteiger partial charge in [-0.15, -0.1) is 11.3 Å². The van der Waals surface area contributed by atoms with E-state index in [1.165, 1.54) is 17.2 Å². The summed E-state index contributed by atoms with van der Waals surface area (Å²) < 4.78 is 12.3. The van der Waals surface area contributed by atoms with Crippen LogP contribution in [-0.4, -0.2) is 37.1 Å². The molecule has 0 radical (unpaired) electrons. The van der Waals surface area contributed by atoms with E-state index in [0.29, 0.717) is 22.6 Å². The Morgan fingerprint density at radius 1 is 1.06 bits per heavy atom. The number of carboxylic acid groups (broad SMARTS) is 1. The predicted molar refractivity (Wildman–Crippen MR) is 142 cm³/mol. The van der Waals surface area contributed by atoms with Crippen LogP contribution in [0.3, 0.4) is 0 Å². The molecule has 0 saturated carbocycles. The first-order valence-corrected chi connectivity index (χ1v) is 12.4. The number of hydrogen-bond donors (Lipinski definition) is 2. The fourth-order valence-electron chi connectivity index (χ4n) is 4.34. The molecule has 5 rings (SSSR count). The van der Waals surface area contributed by atoms with E-state index in [9.17, 15) is 9.59 Å². The number of carbonyl (C=O) groups is 2. The summed E-state index contributed by atoms with van der Waals surface area (Å²) in [5.41, 5.74) is 4.47. The van der Waals surface area contributed by atoms with Crippen LogP contribution in [0.5, 0.6) is 11.5 Å². The highest BCUT2D eigenvalue weighted by Crippen LogP contribution is 2.41. The number of carbonyl (C=O) groups excluding carboxylic acids is 1. The molecule has 1 aliphatic heterocycles. The summed E-state index contributed by atoms with van der Waals surface area (Å²) in [6.45, 7) is 1.21. The Morgan fingerprint density at radius 3 is 2.72 bits per heavy atom. The number of ether oxygens (including phenoxy) is 2. The Kier molecular flexibility index (Phi) is 6.84. The van der Waals surface area contributed by atoms with Crippen LogP contribution in [0.15, 0.2) is 66.7 Å². The molecule has 1 aliphatic rings. The van der Waals surface area contributed by atoms with Crippen molar-refractivity contribution in [2.24, 2.45) is 0 Å². The van der Waals surface area contributed by atoms with Crippen LogP contribution in [0.1, 0.15) is 27.0 Å². The zero-order valence-electron chi connectivity index (χ0n) is 19.7. The summed E-state index contributed by atoms with van der Waals surface area (Å²) in [7, 11) is 1.57. The lowest BCUT2D eigenvalue weighted by atomic mass is 9.96. The molecule has 3 aromatic carbocycles. The van der Waals surface area contributed by atoms with Gasteiger partial charge in [-0.05, 0) is 65.9 Å². The number of thiophene rings is 1. The van der Waals surface area contributed by atoms with Gasteiger partial charge in [0.2, 0.25) is 0 Å². The van der Waals surface area contributed by atoms with Crippen molar-refractivity contribution in [3.63, 3.8) is 0 Å². The van der Waals surface area contributed by atoms with E-state index in [4.69, 9.17) is 14.6 Å². The standard InChI is InChI=1S/C29H25NO5S/c1-34-26-15-25(35-17-29(32)33)20(13-23(26)28-14-21-4-2-3-5-27(21)36-28)8-9-24(31)19-6-7-22-16-30-11-10-18(22)12-19/h2-9,12-15,30H,10-11,16-17H2,1H3,(H,32,33)/b9-8+. The fraction of sp³-hybridized carbons (Fsp3) is 0.172. The normalized spacial score (nSPS) is 13.0. The van der Waals surface area contributed by atoms with Crippen molar-refractivity contribution in [3.8, 4) is 21.9 Å². The van der Waals surface area contributed by atoms with Gasteiger partial charge in [-0.2, -0.15) is 0 Å². The molecule has 0 unspecified atom stereocenters. The summed E-state index contributed by atoms with van der Waals surface area (Å²) in [5, 5.41) is 13.6. The van der Waals surface area contributed by atoms with Crippen LogP contribution >= 0.6 is 11.3 Å². The lowest BCUT2D eigenvalue weighted by molar-refractivity contribution is -0.139. The van der Waals surface area contributed by atoms with Gasteiger partial charge < -0.3 is 19.9 Å². The molecule has 7 heteroatoms. The van der Waals surface area contributed by atoms with E-state index < -0.39 is 12.6 Å². The maximum absolute atomic E-state index is 13.0. The summed E-state index contributed by atoms with van der Waals surface area (Å²) in [6, 6.07) is 19.6. The number of hydrogen-bond acceptors (Lipinski definition) is 6. The van der Waals surface area contributed by atoms with Gasteiger partial charge in [0.15, 0.2) is 12.4 Å². The first-order valence-electron chi connectivity index (χ1n) is 11.6. The number of nitrogens with one attached hydrogen (secondary N) is 1. The summed E-state index contributed by atoms with van der Waals surface area (Å²) in [6.07, 6.45) is 4.08. The molecule has 0 amide bonds. The summed E-state index contributed by atoms with van der Waals surface area (Å²) in [4.78, 5) is 25.2. The molecule has 36 heavy (non-hydrogen) atoms. The van der Waals surface area contributed by atoms with Crippen LogP contribution < -0.4 is 14.8 Å². The van der Waals surface area contributed by atoms with Gasteiger partial charge in [-0.25, -0.2) is 4.79 Å². The number of allylic oxidation sites excluding steroid dienone is 1. The molecule has 2 N–H and O–H groups in total. The van der Waals surface area contributed by atoms with E-state index >= 15 is 0 Å². The molecular formula is C29H25NO5S. The highest BCUT2D eigenvalue weighted by atomic mass is 32.1. The third kappa shape index (κ3) is 5.03. The average molecular weight is 500 g/mol. The van der Waals surface area contributed by atoms with E-state index in [0.717, 1.165) is 40.0 Å². The van der Waals surface area contributed by atoms with E-state index in [-0.39, 0.29) is 5.78 Å². The Labute approximate surface area is 212 Å². The van der Waals surface area contributed by atoms with Gasteiger partial charge in [0.25, 0.3) is 0 Å². The van der Waals surface area contributed by atoms with E-state index in [2.05, 4.69) is 23.5 Å². The molecular weight excluding hydrogens is 474 g/mol. The number of carboxylic acids is 1. The second-order valence-electron chi connectivity index (χ2n) is 8.53. The van der Waals surface area contributed by atoms with Crippen LogP contribution in [0.4, 0.5) is 0 Å². The Balaban J connectivity index is 1.52. The second-order valence-corrected chi connectivity index (χ2v) is 9.61. The van der Waals surface area contributed by atoms with Crippen LogP contribution in [0, 0.1) is 0 Å². The minimum atomic E-state index is -1.09. The van der Waals surface area contributed by atoms with Gasteiger partial charge in [0, 0.05) is 38.9 Å². The van der Waals surface area contributed by atoms with E-state index in [1.54, 1.807) is 30.6 Å². The van der Waals surface area contributed by atoms with Gasteiger partial charge >= 0.3 is 5.97 Å². The molecule has 1 aromatic heterocycles. The zero-order chi connectivity index (χ0) is 25.1. The summed E-state index contributed by atoms with van der Waals surface area (Å²) in [5.74, 6) is -0.315.